The number of allylic oxidation sites excluding steroid dienone is 2. The summed E-state index contributed by atoms with van der Waals surface area (Å²) in [5.41, 5.74) is 3.09. The molecule has 0 bridgehead atoms. The van der Waals surface area contributed by atoms with Gasteiger partial charge in [-0.3, -0.25) is 0 Å². The highest BCUT2D eigenvalue weighted by Gasteiger charge is 2.58. The van der Waals surface area contributed by atoms with Crippen molar-refractivity contribution in [1.82, 2.24) is 0 Å². The molecule has 3 saturated carbocycles. The molecule has 0 aliphatic heterocycles. The van der Waals surface area contributed by atoms with E-state index in [9.17, 15) is 0 Å². The first-order chi connectivity index (χ1) is 11.4. The van der Waals surface area contributed by atoms with Crippen molar-refractivity contribution in [3.05, 3.63) is 11.6 Å². The Morgan fingerprint density at radius 2 is 1.83 bits per heavy atom. The Labute approximate surface area is 150 Å². The van der Waals surface area contributed by atoms with Gasteiger partial charge in [0.1, 0.15) is 0 Å². The lowest BCUT2D eigenvalue weighted by Gasteiger charge is -2.58. The van der Waals surface area contributed by atoms with Crippen LogP contribution < -0.4 is 0 Å². The molecule has 24 heavy (non-hydrogen) atoms. The van der Waals surface area contributed by atoms with Crippen molar-refractivity contribution in [3.8, 4) is 0 Å². The number of fused-ring (bicyclic) bond motifs is 5. The summed E-state index contributed by atoms with van der Waals surface area (Å²) in [5, 5.41) is 0. The zero-order valence-electron chi connectivity index (χ0n) is 16.9. The molecule has 0 heterocycles. The van der Waals surface area contributed by atoms with Crippen LogP contribution in [0.5, 0.6) is 0 Å². The Morgan fingerprint density at radius 3 is 2.54 bits per heavy atom. The van der Waals surface area contributed by atoms with Crippen LogP contribution in [0, 0.1) is 46.3 Å². The average Bonchev–Trinajstić information content (AvgIpc) is 2.91. The van der Waals surface area contributed by atoms with Crippen LogP contribution in [0.15, 0.2) is 11.6 Å². The highest BCUT2D eigenvalue weighted by atomic mass is 14.6. The van der Waals surface area contributed by atoms with Crippen LogP contribution in [0.1, 0.15) is 92.4 Å². The quantitative estimate of drug-likeness (QED) is 0.468. The van der Waals surface area contributed by atoms with Gasteiger partial charge in [-0.05, 0) is 97.7 Å². The molecule has 0 aromatic carbocycles. The van der Waals surface area contributed by atoms with E-state index in [0.29, 0.717) is 10.8 Å². The largest absolute Gasteiger partial charge is 0.0845 e. The van der Waals surface area contributed by atoms with Crippen LogP contribution in [-0.2, 0) is 0 Å². The summed E-state index contributed by atoms with van der Waals surface area (Å²) < 4.78 is 0. The summed E-state index contributed by atoms with van der Waals surface area (Å²) in [6.45, 7) is 12.7. The Morgan fingerprint density at radius 1 is 1.04 bits per heavy atom. The first-order valence-corrected chi connectivity index (χ1v) is 11.1. The molecule has 136 valence electrons. The fourth-order valence-corrected chi connectivity index (χ4v) is 8.22. The van der Waals surface area contributed by atoms with Gasteiger partial charge in [0, 0.05) is 0 Å². The molecule has 0 aromatic rings. The van der Waals surface area contributed by atoms with E-state index in [-0.39, 0.29) is 0 Å². The maximum Gasteiger partial charge on any atom is -0.00851 e. The highest BCUT2D eigenvalue weighted by Crippen LogP contribution is 2.67. The summed E-state index contributed by atoms with van der Waals surface area (Å²) in [7, 11) is 0. The van der Waals surface area contributed by atoms with Crippen LogP contribution in [0.4, 0.5) is 0 Å². The second-order valence-electron chi connectivity index (χ2n) is 10.7. The molecule has 7 unspecified atom stereocenters. The van der Waals surface area contributed by atoms with Gasteiger partial charge in [-0.25, -0.2) is 0 Å². The predicted molar refractivity (Wildman–Crippen MR) is 104 cm³/mol. The SMILES string of the molecule is CCC1CCC2(C)C(=CCC3C2CCC2(C)C(C(C)C)CCC32)C1. The minimum Gasteiger partial charge on any atom is -0.0845 e. The molecule has 0 radical (unpaired) electrons. The second-order valence-corrected chi connectivity index (χ2v) is 10.7. The summed E-state index contributed by atoms with van der Waals surface area (Å²) in [4.78, 5) is 0. The topological polar surface area (TPSA) is 0 Å². The van der Waals surface area contributed by atoms with Crippen LogP contribution >= 0.6 is 0 Å². The zero-order valence-corrected chi connectivity index (χ0v) is 16.9. The molecule has 0 N–H and O–H groups in total. The van der Waals surface area contributed by atoms with E-state index in [1.807, 2.05) is 5.57 Å². The van der Waals surface area contributed by atoms with Gasteiger partial charge in [-0.15, -0.1) is 0 Å². The van der Waals surface area contributed by atoms with E-state index in [1.54, 1.807) is 0 Å². The van der Waals surface area contributed by atoms with Crippen molar-refractivity contribution in [2.45, 2.75) is 92.4 Å². The van der Waals surface area contributed by atoms with Crippen LogP contribution in [0.2, 0.25) is 0 Å². The highest BCUT2D eigenvalue weighted by molar-refractivity contribution is 5.25. The molecule has 0 spiro atoms. The molecule has 0 nitrogen and oxygen atoms in total. The minimum atomic E-state index is 0.561. The van der Waals surface area contributed by atoms with Crippen LogP contribution in [0.25, 0.3) is 0 Å². The first-order valence-electron chi connectivity index (χ1n) is 11.1. The fraction of sp³-hybridized carbons (Fsp3) is 0.917. The van der Waals surface area contributed by atoms with Crippen LogP contribution in [-0.4, -0.2) is 0 Å². The van der Waals surface area contributed by atoms with E-state index >= 15 is 0 Å². The molecule has 4 aliphatic carbocycles. The van der Waals surface area contributed by atoms with Gasteiger partial charge < -0.3 is 0 Å². The molecule has 4 aliphatic rings. The summed E-state index contributed by atoms with van der Waals surface area (Å²) in [6, 6.07) is 0. The minimum absolute atomic E-state index is 0.561. The summed E-state index contributed by atoms with van der Waals surface area (Å²) in [6.07, 6.45) is 16.0. The van der Waals surface area contributed by atoms with Crippen molar-refractivity contribution in [1.29, 1.82) is 0 Å². The molecule has 0 aromatic heterocycles. The van der Waals surface area contributed by atoms with Gasteiger partial charge in [0.2, 0.25) is 0 Å². The van der Waals surface area contributed by atoms with E-state index < -0.39 is 0 Å². The number of hydrogen-bond donors (Lipinski definition) is 0. The zero-order chi connectivity index (χ0) is 17.1. The average molecular weight is 329 g/mol. The Hall–Kier alpha value is -0.260. The third-order valence-corrected chi connectivity index (χ3v) is 9.66. The maximum atomic E-state index is 2.75. The lowest BCUT2D eigenvalue weighted by atomic mass is 9.46. The van der Waals surface area contributed by atoms with Gasteiger partial charge in [-0.1, -0.05) is 52.7 Å². The molecular weight excluding hydrogens is 288 g/mol. The normalized spacial score (nSPS) is 50.9. The van der Waals surface area contributed by atoms with E-state index in [2.05, 4.69) is 40.7 Å². The predicted octanol–water partition coefficient (Wildman–Crippen LogP) is 7.25. The van der Waals surface area contributed by atoms with Gasteiger partial charge in [0.25, 0.3) is 0 Å². The standard InChI is InChI=1S/C24H40/c1-6-17-11-13-23(4)18(15-17)7-8-19-21-10-9-20(16(2)3)24(21,5)14-12-22(19)23/h7,16-17,19-22H,6,8-15H2,1-5H3. The van der Waals surface area contributed by atoms with Gasteiger partial charge in [-0.2, -0.15) is 0 Å². The fourth-order valence-electron chi connectivity index (χ4n) is 8.22. The van der Waals surface area contributed by atoms with Gasteiger partial charge in [0.15, 0.2) is 0 Å². The Bertz CT molecular complexity index is 514. The van der Waals surface area contributed by atoms with E-state index in [4.69, 9.17) is 0 Å². The molecule has 4 rings (SSSR count). The van der Waals surface area contributed by atoms with E-state index in [0.717, 1.165) is 35.5 Å². The molecule has 0 heteroatoms. The first kappa shape index (κ1) is 17.2. The van der Waals surface area contributed by atoms with Crippen LogP contribution in [0.3, 0.4) is 0 Å². The summed E-state index contributed by atoms with van der Waals surface area (Å²) in [5.74, 6) is 5.85. The lowest BCUT2D eigenvalue weighted by Crippen LogP contribution is -2.50. The van der Waals surface area contributed by atoms with Crippen molar-refractivity contribution >= 4 is 0 Å². The third-order valence-electron chi connectivity index (χ3n) is 9.66. The number of hydrogen-bond acceptors (Lipinski definition) is 0. The van der Waals surface area contributed by atoms with Crippen molar-refractivity contribution in [2.24, 2.45) is 46.3 Å². The molecular formula is C24H40. The molecule has 7 atom stereocenters. The second kappa shape index (κ2) is 5.88. The molecule has 0 amide bonds. The van der Waals surface area contributed by atoms with E-state index in [1.165, 1.54) is 57.8 Å². The molecule has 0 saturated heterocycles. The molecule has 3 fully saturated rings. The number of rotatable bonds is 2. The third kappa shape index (κ3) is 2.30. The smallest absolute Gasteiger partial charge is 0.00851 e. The monoisotopic (exact) mass is 328 g/mol. The lowest BCUT2D eigenvalue weighted by molar-refractivity contribution is -0.0509. The maximum absolute atomic E-state index is 2.75. The summed E-state index contributed by atoms with van der Waals surface area (Å²) >= 11 is 0. The Kier molecular flexibility index (Phi) is 4.21. The van der Waals surface area contributed by atoms with Crippen molar-refractivity contribution in [2.75, 3.05) is 0 Å². The van der Waals surface area contributed by atoms with Crippen molar-refractivity contribution < 1.29 is 0 Å². The van der Waals surface area contributed by atoms with Gasteiger partial charge >= 0.3 is 0 Å². The van der Waals surface area contributed by atoms with Crippen molar-refractivity contribution in [3.63, 3.8) is 0 Å². The Balaban J connectivity index is 1.62. The van der Waals surface area contributed by atoms with Gasteiger partial charge in [0.05, 0.1) is 0 Å².